The topological polar surface area (TPSA) is 79.4 Å². The van der Waals surface area contributed by atoms with Crippen molar-refractivity contribution in [3.63, 3.8) is 0 Å². The van der Waals surface area contributed by atoms with E-state index in [9.17, 15) is 0 Å². The predicted octanol–water partition coefficient (Wildman–Crippen LogP) is 1.11. The van der Waals surface area contributed by atoms with Gasteiger partial charge in [-0.2, -0.15) is 10.2 Å². The SMILES string of the molecule is Cc1ccc(NCCSc2ncn[nH]2)nn1. The smallest absolute Gasteiger partial charge is 0.183 e. The molecule has 2 aromatic heterocycles. The molecule has 0 unspecified atom stereocenters. The van der Waals surface area contributed by atoms with Gasteiger partial charge in [-0.1, -0.05) is 11.8 Å². The maximum Gasteiger partial charge on any atom is 0.183 e. The van der Waals surface area contributed by atoms with Gasteiger partial charge in [-0.3, -0.25) is 5.10 Å². The number of H-pyrrole nitrogens is 1. The van der Waals surface area contributed by atoms with Crippen LogP contribution in [-0.2, 0) is 0 Å². The minimum absolute atomic E-state index is 0.795. The van der Waals surface area contributed by atoms with Crippen LogP contribution >= 0.6 is 11.8 Å². The monoisotopic (exact) mass is 236 g/mol. The van der Waals surface area contributed by atoms with Crippen molar-refractivity contribution in [1.82, 2.24) is 25.4 Å². The molecule has 0 aliphatic rings. The highest BCUT2D eigenvalue weighted by molar-refractivity contribution is 7.99. The van der Waals surface area contributed by atoms with Gasteiger partial charge in [0, 0.05) is 12.3 Å². The maximum absolute atomic E-state index is 4.01. The van der Waals surface area contributed by atoms with E-state index in [1.54, 1.807) is 11.8 Å². The van der Waals surface area contributed by atoms with Crippen molar-refractivity contribution in [2.75, 3.05) is 17.6 Å². The molecule has 16 heavy (non-hydrogen) atoms. The van der Waals surface area contributed by atoms with Gasteiger partial charge in [-0.05, 0) is 19.1 Å². The molecule has 2 rings (SSSR count). The average molecular weight is 236 g/mol. The van der Waals surface area contributed by atoms with E-state index in [1.807, 2.05) is 19.1 Å². The lowest BCUT2D eigenvalue weighted by molar-refractivity contribution is 0.964. The first-order valence-electron chi connectivity index (χ1n) is 4.87. The zero-order valence-corrected chi connectivity index (χ0v) is 9.66. The van der Waals surface area contributed by atoms with Crippen LogP contribution < -0.4 is 5.32 Å². The zero-order chi connectivity index (χ0) is 11.2. The molecule has 0 fully saturated rings. The molecule has 84 valence electrons. The third-order valence-electron chi connectivity index (χ3n) is 1.84. The third kappa shape index (κ3) is 3.20. The summed E-state index contributed by atoms with van der Waals surface area (Å²) in [4.78, 5) is 4.01. The van der Waals surface area contributed by atoms with E-state index >= 15 is 0 Å². The lowest BCUT2D eigenvalue weighted by Gasteiger charge is -2.03. The Labute approximate surface area is 97.3 Å². The molecule has 0 spiro atoms. The molecule has 2 aromatic rings. The predicted molar refractivity (Wildman–Crippen MR) is 62.4 cm³/mol. The molecular formula is C9H12N6S. The summed E-state index contributed by atoms with van der Waals surface area (Å²) in [6.07, 6.45) is 1.50. The highest BCUT2D eigenvalue weighted by atomic mass is 32.2. The van der Waals surface area contributed by atoms with Crippen LogP contribution in [0.5, 0.6) is 0 Å². The molecule has 0 atom stereocenters. The minimum atomic E-state index is 0.795. The normalized spacial score (nSPS) is 10.3. The first-order valence-corrected chi connectivity index (χ1v) is 5.85. The number of nitrogens with zero attached hydrogens (tertiary/aromatic N) is 4. The molecule has 0 aliphatic carbocycles. The Hall–Kier alpha value is -1.63. The van der Waals surface area contributed by atoms with Crippen molar-refractivity contribution < 1.29 is 0 Å². The molecule has 0 saturated heterocycles. The van der Waals surface area contributed by atoms with Gasteiger partial charge in [0.05, 0.1) is 5.69 Å². The number of hydrogen-bond acceptors (Lipinski definition) is 6. The van der Waals surface area contributed by atoms with E-state index in [4.69, 9.17) is 0 Å². The fourth-order valence-electron chi connectivity index (χ4n) is 1.08. The van der Waals surface area contributed by atoms with Gasteiger partial charge in [0.15, 0.2) is 5.16 Å². The largest absolute Gasteiger partial charge is 0.368 e. The van der Waals surface area contributed by atoms with E-state index in [0.717, 1.165) is 29.0 Å². The standard InChI is InChI=1S/C9H12N6S/c1-7-2-3-8(14-13-7)10-4-5-16-9-11-6-12-15-9/h2-3,6H,4-5H2,1H3,(H,10,14)(H,11,12,15). The Morgan fingerprint density at radius 3 is 3.00 bits per heavy atom. The number of aromatic amines is 1. The van der Waals surface area contributed by atoms with Crippen LogP contribution in [0.3, 0.4) is 0 Å². The van der Waals surface area contributed by atoms with Gasteiger partial charge in [0.25, 0.3) is 0 Å². The Balaban J connectivity index is 1.70. The second-order valence-corrected chi connectivity index (χ2v) is 4.21. The molecule has 0 saturated carbocycles. The van der Waals surface area contributed by atoms with Crippen molar-refractivity contribution in [1.29, 1.82) is 0 Å². The summed E-state index contributed by atoms with van der Waals surface area (Å²) in [7, 11) is 0. The molecule has 0 amide bonds. The number of aromatic nitrogens is 5. The van der Waals surface area contributed by atoms with Crippen LogP contribution in [0.1, 0.15) is 5.69 Å². The molecule has 0 aromatic carbocycles. The van der Waals surface area contributed by atoms with E-state index < -0.39 is 0 Å². The third-order valence-corrected chi connectivity index (χ3v) is 2.72. The average Bonchev–Trinajstić information content (AvgIpc) is 2.80. The summed E-state index contributed by atoms with van der Waals surface area (Å²) in [6.45, 7) is 2.72. The summed E-state index contributed by atoms with van der Waals surface area (Å²) < 4.78 is 0. The van der Waals surface area contributed by atoms with Gasteiger partial charge < -0.3 is 5.32 Å². The van der Waals surface area contributed by atoms with Crippen molar-refractivity contribution in [2.24, 2.45) is 0 Å². The summed E-state index contributed by atoms with van der Waals surface area (Å²) in [5.74, 6) is 1.69. The van der Waals surface area contributed by atoms with Gasteiger partial charge in [0.2, 0.25) is 0 Å². The first kappa shape index (κ1) is 10.9. The number of anilines is 1. The van der Waals surface area contributed by atoms with Crippen LogP contribution in [0, 0.1) is 6.92 Å². The van der Waals surface area contributed by atoms with Crippen molar-refractivity contribution in [2.45, 2.75) is 12.1 Å². The molecular weight excluding hydrogens is 224 g/mol. The number of thioether (sulfide) groups is 1. The number of aryl methyl sites for hydroxylation is 1. The van der Waals surface area contributed by atoms with Crippen LogP contribution in [0.2, 0.25) is 0 Å². The van der Waals surface area contributed by atoms with Crippen molar-refractivity contribution in [3.8, 4) is 0 Å². The summed E-state index contributed by atoms with van der Waals surface area (Å²) in [6, 6.07) is 3.85. The second kappa shape index (κ2) is 5.45. The van der Waals surface area contributed by atoms with E-state index in [1.165, 1.54) is 6.33 Å². The Bertz CT molecular complexity index is 412. The quantitative estimate of drug-likeness (QED) is 0.598. The van der Waals surface area contributed by atoms with E-state index in [2.05, 4.69) is 30.7 Å². The zero-order valence-electron chi connectivity index (χ0n) is 8.84. The number of nitrogens with one attached hydrogen (secondary N) is 2. The Morgan fingerprint density at radius 1 is 1.38 bits per heavy atom. The summed E-state index contributed by atoms with van der Waals surface area (Å²) in [5, 5.41) is 18.5. The highest BCUT2D eigenvalue weighted by Crippen LogP contribution is 2.10. The van der Waals surface area contributed by atoms with Gasteiger partial charge in [-0.25, -0.2) is 4.98 Å². The maximum atomic E-state index is 4.01. The molecule has 7 heteroatoms. The molecule has 0 aliphatic heterocycles. The van der Waals surface area contributed by atoms with Crippen molar-refractivity contribution >= 4 is 17.6 Å². The van der Waals surface area contributed by atoms with Crippen molar-refractivity contribution in [3.05, 3.63) is 24.2 Å². The van der Waals surface area contributed by atoms with E-state index in [0.29, 0.717) is 0 Å². The van der Waals surface area contributed by atoms with Gasteiger partial charge >= 0.3 is 0 Å². The summed E-state index contributed by atoms with van der Waals surface area (Å²) in [5.41, 5.74) is 0.918. The first-order chi connectivity index (χ1) is 7.84. The Kier molecular flexibility index (Phi) is 3.71. The van der Waals surface area contributed by atoms with Crippen LogP contribution in [-0.4, -0.2) is 37.7 Å². The molecule has 0 bridgehead atoms. The fraction of sp³-hybridized carbons (Fsp3) is 0.333. The molecule has 2 N–H and O–H groups in total. The van der Waals surface area contributed by atoms with Crippen LogP contribution in [0.15, 0.2) is 23.6 Å². The van der Waals surface area contributed by atoms with E-state index in [-0.39, 0.29) is 0 Å². The second-order valence-electron chi connectivity index (χ2n) is 3.13. The van der Waals surface area contributed by atoms with Gasteiger partial charge in [0.1, 0.15) is 12.1 Å². The number of rotatable bonds is 5. The minimum Gasteiger partial charge on any atom is -0.368 e. The Morgan fingerprint density at radius 2 is 2.31 bits per heavy atom. The van der Waals surface area contributed by atoms with Crippen LogP contribution in [0.4, 0.5) is 5.82 Å². The van der Waals surface area contributed by atoms with Gasteiger partial charge in [-0.15, -0.1) is 5.10 Å². The molecule has 2 heterocycles. The lowest BCUT2D eigenvalue weighted by atomic mass is 10.4. The molecule has 6 nitrogen and oxygen atoms in total. The fourth-order valence-corrected chi connectivity index (χ4v) is 1.72. The molecule has 0 radical (unpaired) electrons. The van der Waals surface area contributed by atoms with Crippen LogP contribution in [0.25, 0.3) is 0 Å². The summed E-state index contributed by atoms with van der Waals surface area (Å²) >= 11 is 1.61. The highest BCUT2D eigenvalue weighted by Gasteiger charge is 1.97. The number of hydrogen-bond donors (Lipinski definition) is 2. The lowest BCUT2D eigenvalue weighted by Crippen LogP contribution is -2.06.